The lowest BCUT2D eigenvalue weighted by molar-refractivity contribution is -0.119. The average Bonchev–Trinajstić information content (AvgIpc) is 2.04. The van der Waals surface area contributed by atoms with Crippen molar-refractivity contribution in [3.63, 3.8) is 0 Å². The Balaban J connectivity index is 3.70. The highest BCUT2D eigenvalue weighted by Crippen LogP contribution is 2.21. The first-order valence-corrected chi connectivity index (χ1v) is 4.35. The number of carbonyl (C=O) groups excluding carboxylic acids is 1. The molecule has 0 fully saturated rings. The molecule has 4 nitrogen and oxygen atoms in total. The fourth-order valence-corrected chi connectivity index (χ4v) is 0.962. The van der Waals surface area contributed by atoms with Crippen molar-refractivity contribution in [3.05, 3.63) is 0 Å². The quantitative estimate of drug-likeness (QED) is 0.650. The van der Waals surface area contributed by atoms with E-state index in [1.165, 1.54) is 0 Å². The third-order valence-electron chi connectivity index (χ3n) is 1.99. The van der Waals surface area contributed by atoms with Crippen LogP contribution in [0.4, 0.5) is 0 Å². The first kappa shape index (κ1) is 11.9. The molecular weight excluding hydrogens is 166 g/mol. The van der Waals surface area contributed by atoms with Gasteiger partial charge in [0.1, 0.15) is 0 Å². The summed E-state index contributed by atoms with van der Waals surface area (Å²) in [7, 11) is 0. The Morgan fingerprint density at radius 1 is 1.62 bits per heavy atom. The molecule has 0 rings (SSSR count). The van der Waals surface area contributed by atoms with Crippen LogP contribution < -0.4 is 11.5 Å². The second-order valence-corrected chi connectivity index (χ2v) is 3.90. The predicted octanol–water partition coefficient (Wildman–Crippen LogP) is 0.519. The van der Waals surface area contributed by atoms with E-state index >= 15 is 0 Å². The van der Waals surface area contributed by atoms with Crippen LogP contribution in [0.3, 0.4) is 0 Å². The van der Waals surface area contributed by atoms with Gasteiger partial charge in [-0.25, -0.2) is 0 Å². The van der Waals surface area contributed by atoms with Crippen LogP contribution in [0.15, 0.2) is 0 Å². The second kappa shape index (κ2) is 4.83. The maximum absolute atomic E-state index is 10.6. The number of carbonyl (C=O) groups is 1. The number of amides is 1. The zero-order valence-corrected chi connectivity index (χ0v) is 8.21. The van der Waals surface area contributed by atoms with Gasteiger partial charge < -0.3 is 11.5 Å². The third kappa shape index (κ3) is 5.21. The van der Waals surface area contributed by atoms with Crippen molar-refractivity contribution in [1.29, 1.82) is 5.26 Å². The van der Waals surface area contributed by atoms with Crippen LogP contribution in [0.2, 0.25) is 0 Å². The van der Waals surface area contributed by atoms with Gasteiger partial charge in [-0.2, -0.15) is 5.26 Å². The molecule has 0 bridgehead atoms. The van der Waals surface area contributed by atoms with Gasteiger partial charge in [-0.15, -0.1) is 0 Å². The molecule has 1 amide bonds. The summed E-state index contributed by atoms with van der Waals surface area (Å²) in [5.41, 5.74) is 10.1. The molecule has 0 saturated heterocycles. The van der Waals surface area contributed by atoms with Gasteiger partial charge in [0.15, 0.2) is 0 Å². The Morgan fingerprint density at radius 2 is 2.15 bits per heavy atom. The molecule has 0 aliphatic rings. The first-order chi connectivity index (χ1) is 5.89. The number of nitrogens with zero attached hydrogens (tertiary/aromatic N) is 1. The largest absolute Gasteiger partial charge is 0.368 e. The van der Waals surface area contributed by atoms with Crippen molar-refractivity contribution in [2.75, 3.05) is 0 Å². The molecule has 0 aromatic rings. The lowest BCUT2D eigenvalue weighted by Crippen LogP contribution is -2.36. The van der Waals surface area contributed by atoms with Crippen molar-refractivity contribution in [2.45, 2.75) is 39.2 Å². The Hall–Kier alpha value is -1.08. The number of nitrogens with two attached hydrogens (primary N) is 2. The van der Waals surface area contributed by atoms with Crippen LogP contribution in [0.25, 0.3) is 0 Å². The van der Waals surface area contributed by atoms with Gasteiger partial charge in [-0.05, 0) is 33.1 Å². The minimum Gasteiger partial charge on any atom is -0.368 e. The third-order valence-corrected chi connectivity index (χ3v) is 1.99. The summed E-state index contributed by atoms with van der Waals surface area (Å²) in [5.74, 6) is -0.477. The number of primary amides is 1. The van der Waals surface area contributed by atoms with Crippen molar-refractivity contribution < 1.29 is 4.79 Å². The van der Waals surface area contributed by atoms with Crippen LogP contribution in [0.5, 0.6) is 0 Å². The topological polar surface area (TPSA) is 92.9 Å². The molecule has 74 valence electrons. The Labute approximate surface area is 78.9 Å². The van der Waals surface area contributed by atoms with E-state index in [2.05, 4.69) is 6.07 Å². The highest BCUT2D eigenvalue weighted by molar-refractivity contribution is 5.79. The van der Waals surface area contributed by atoms with Crippen LogP contribution in [-0.2, 0) is 4.79 Å². The van der Waals surface area contributed by atoms with Gasteiger partial charge in [-0.1, -0.05) is 0 Å². The smallest absolute Gasteiger partial charge is 0.234 e. The molecule has 4 heteroatoms. The molecule has 0 aliphatic carbocycles. The molecule has 4 N–H and O–H groups in total. The molecule has 13 heavy (non-hydrogen) atoms. The molecule has 0 heterocycles. The summed E-state index contributed by atoms with van der Waals surface area (Å²) in [6.07, 6.45) is 2.05. The van der Waals surface area contributed by atoms with Crippen molar-refractivity contribution in [3.8, 4) is 6.07 Å². The van der Waals surface area contributed by atoms with Crippen molar-refractivity contribution >= 4 is 5.91 Å². The van der Waals surface area contributed by atoms with Crippen molar-refractivity contribution in [1.82, 2.24) is 0 Å². The summed E-state index contributed by atoms with van der Waals surface area (Å²) >= 11 is 0. The van der Waals surface area contributed by atoms with Crippen LogP contribution >= 0.6 is 0 Å². The van der Waals surface area contributed by atoms with E-state index in [-0.39, 0.29) is 5.41 Å². The number of rotatable bonds is 5. The highest BCUT2D eigenvalue weighted by Gasteiger charge is 2.17. The van der Waals surface area contributed by atoms with E-state index < -0.39 is 11.9 Å². The zero-order chi connectivity index (χ0) is 10.5. The van der Waals surface area contributed by atoms with Crippen molar-refractivity contribution in [2.24, 2.45) is 16.9 Å². The molecule has 0 saturated carbocycles. The highest BCUT2D eigenvalue weighted by atomic mass is 16.1. The molecule has 0 aromatic carbocycles. The zero-order valence-electron chi connectivity index (χ0n) is 8.21. The minimum absolute atomic E-state index is 0.336. The summed E-state index contributed by atoms with van der Waals surface area (Å²) < 4.78 is 0. The fourth-order valence-electron chi connectivity index (χ4n) is 0.962. The number of nitriles is 1. The Kier molecular flexibility index (Phi) is 4.43. The normalized spacial score (nSPS) is 13.4. The van der Waals surface area contributed by atoms with Gasteiger partial charge in [-0.3, -0.25) is 4.79 Å². The van der Waals surface area contributed by atoms with Gasteiger partial charge >= 0.3 is 0 Å². The van der Waals surface area contributed by atoms with E-state index in [0.717, 1.165) is 12.8 Å². The standard InChI is InChI=1S/C9H17N3O/c1-9(2,6-10)5-3-4-7(11)8(12)13/h7H,3-5,11H2,1-2H3,(H2,12,13). The van der Waals surface area contributed by atoms with Gasteiger partial charge in [0, 0.05) is 0 Å². The molecule has 1 atom stereocenters. The van der Waals surface area contributed by atoms with Gasteiger partial charge in [0.25, 0.3) is 0 Å². The Bertz CT molecular complexity index is 217. The van der Waals surface area contributed by atoms with Crippen LogP contribution in [0, 0.1) is 16.7 Å². The molecule has 0 aliphatic heterocycles. The van der Waals surface area contributed by atoms with E-state index in [0.29, 0.717) is 6.42 Å². The lowest BCUT2D eigenvalue weighted by Gasteiger charge is -2.15. The summed E-state index contributed by atoms with van der Waals surface area (Å²) in [6, 6.07) is 1.61. The first-order valence-electron chi connectivity index (χ1n) is 4.35. The maximum atomic E-state index is 10.6. The molecule has 0 spiro atoms. The molecule has 0 radical (unpaired) electrons. The molecule has 1 unspecified atom stereocenters. The maximum Gasteiger partial charge on any atom is 0.234 e. The summed E-state index contributed by atoms with van der Waals surface area (Å²) in [5, 5.41) is 8.70. The lowest BCUT2D eigenvalue weighted by atomic mass is 9.88. The van der Waals surface area contributed by atoms with Gasteiger partial charge in [0.05, 0.1) is 17.5 Å². The SMILES string of the molecule is CC(C)(C#N)CCCC(N)C(N)=O. The second-order valence-electron chi connectivity index (χ2n) is 3.90. The van der Waals surface area contributed by atoms with E-state index in [1.807, 2.05) is 13.8 Å². The fraction of sp³-hybridized carbons (Fsp3) is 0.778. The summed E-state index contributed by atoms with van der Waals surface area (Å²) in [4.78, 5) is 10.6. The van der Waals surface area contributed by atoms with Crippen LogP contribution in [-0.4, -0.2) is 11.9 Å². The molecule has 0 aromatic heterocycles. The average molecular weight is 183 g/mol. The monoisotopic (exact) mass is 183 g/mol. The predicted molar refractivity (Wildman–Crippen MR) is 50.4 cm³/mol. The molecular formula is C9H17N3O. The summed E-state index contributed by atoms with van der Waals surface area (Å²) in [6.45, 7) is 3.73. The van der Waals surface area contributed by atoms with Gasteiger partial charge in [0.2, 0.25) is 5.91 Å². The Morgan fingerprint density at radius 3 is 2.54 bits per heavy atom. The van der Waals surface area contributed by atoms with Crippen LogP contribution in [0.1, 0.15) is 33.1 Å². The van der Waals surface area contributed by atoms with E-state index in [4.69, 9.17) is 16.7 Å². The van der Waals surface area contributed by atoms with E-state index in [9.17, 15) is 4.79 Å². The number of hydrogen-bond acceptors (Lipinski definition) is 3. The minimum atomic E-state index is -0.575. The number of hydrogen-bond donors (Lipinski definition) is 2. The van der Waals surface area contributed by atoms with E-state index in [1.54, 1.807) is 0 Å².